The van der Waals surface area contributed by atoms with Gasteiger partial charge in [0.2, 0.25) is 0 Å². The van der Waals surface area contributed by atoms with E-state index in [1.165, 1.54) is 0 Å². The molecule has 0 aromatic carbocycles. The van der Waals surface area contributed by atoms with Gasteiger partial charge in [-0.25, -0.2) is 0 Å². The van der Waals surface area contributed by atoms with Crippen LogP contribution in [0, 0.1) is 332 Å². The minimum Gasteiger partial charge on any atom is -0.106 e. The summed E-state index contributed by atoms with van der Waals surface area (Å²) < 4.78 is 0.237. The number of hydrogen-bond donors (Lipinski definition) is 0. The van der Waals surface area contributed by atoms with Crippen LogP contribution in [0.5, 0.6) is 0 Å². The SMILES string of the molecule is BC(I)C#CC#CC#CC#CC#CC#CC#CC#CC#CC#CC#CC#CC#CC#CC#CC#CC#CC#CC#CC#CC#CC#CC#CC#CC#CC#CC#CC#C. The molecule has 2 heteroatoms. The second kappa shape index (κ2) is 44.5. The van der Waals surface area contributed by atoms with Crippen LogP contribution < -0.4 is 0 Å². The average Bonchev–Trinajstić information content (AvgIpc) is 3.23. The number of terminal acetylenes is 1. The van der Waals surface area contributed by atoms with Crippen molar-refractivity contribution in [3.63, 3.8) is 0 Å². The first-order chi connectivity index (χ1) is 29.3. The van der Waals surface area contributed by atoms with Crippen molar-refractivity contribution < 1.29 is 0 Å². The summed E-state index contributed by atoms with van der Waals surface area (Å²) in [6, 6.07) is 0. The van der Waals surface area contributed by atoms with Crippen molar-refractivity contribution in [1.29, 1.82) is 0 Å². The molecule has 0 saturated heterocycles. The minimum atomic E-state index is 0.237. The summed E-state index contributed by atoms with van der Waals surface area (Å²) in [4.78, 5) is 0. The Hall–Kier alpha value is -11.5. The van der Waals surface area contributed by atoms with Gasteiger partial charge >= 0.3 is 0 Å². The topological polar surface area (TPSA) is 0 Å². The third-order valence-corrected chi connectivity index (χ3v) is 3.90. The Labute approximate surface area is 364 Å². The maximum Gasteiger partial charge on any atom is 0.133 e. The van der Waals surface area contributed by atoms with Gasteiger partial charge in [-0.1, -0.05) is 28.5 Å². The van der Waals surface area contributed by atoms with Crippen LogP contribution in [0.15, 0.2) is 0 Å². The number of halogens is 1. The highest BCUT2D eigenvalue weighted by Crippen LogP contribution is 1.88. The fourth-order valence-electron chi connectivity index (χ4n) is 1.77. The van der Waals surface area contributed by atoms with Gasteiger partial charge in [0.05, 0.1) is 0 Å². The van der Waals surface area contributed by atoms with Gasteiger partial charge in [-0.05, 0) is 94.7 Å². The van der Waals surface area contributed by atoms with E-state index in [-0.39, 0.29) is 3.82 Å². The van der Waals surface area contributed by atoms with E-state index in [1.807, 2.05) is 7.85 Å². The van der Waals surface area contributed by atoms with Gasteiger partial charge in [0.1, 0.15) is 7.85 Å². The molecule has 242 valence electrons. The Morgan fingerprint density at radius 1 is 0.203 bits per heavy atom. The fourth-order valence-corrected chi connectivity index (χ4v) is 1.92. The van der Waals surface area contributed by atoms with E-state index in [2.05, 4.69) is 348 Å². The molecule has 59 heavy (non-hydrogen) atoms. The van der Waals surface area contributed by atoms with Gasteiger partial charge in [0.25, 0.3) is 0 Å². The van der Waals surface area contributed by atoms with E-state index in [0.717, 1.165) is 0 Å². The van der Waals surface area contributed by atoms with Crippen LogP contribution in [0.2, 0.25) is 0 Å². The molecule has 0 spiro atoms. The van der Waals surface area contributed by atoms with Crippen molar-refractivity contribution in [2.75, 3.05) is 0 Å². The lowest BCUT2D eigenvalue weighted by molar-refractivity contribution is 1.84. The first-order valence-corrected chi connectivity index (χ1v) is 16.1. The van der Waals surface area contributed by atoms with Gasteiger partial charge in [-0.3, -0.25) is 0 Å². The molecule has 1 unspecified atom stereocenters. The average molecular weight is 826 g/mol. The molecule has 0 radical (unpaired) electrons. The molecule has 0 N–H and O–H groups in total. The Kier molecular flexibility index (Phi) is 35.8. The zero-order valence-electron chi connectivity index (χ0n) is 30.0. The fraction of sp³-hybridized carbons (Fsp3) is 0.0175. The van der Waals surface area contributed by atoms with E-state index < -0.39 is 0 Å². The highest BCUT2D eigenvalue weighted by Gasteiger charge is 1.80. The summed E-state index contributed by atoms with van der Waals surface area (Å²) in [5.74, 6) is 138. The lowest BCUT2D eigenvalue weighted by Crippen LogP contribution is -1.87. The summed E-state index contributed by atoms with van der Waals surface area (Å²) in [7, 11) is 1.96. The molecule has 0 bridgehead atoms. The maximum atomic E-state index is 4.94. The van der Waals surface area contributed by atoms with Crippen LogP contribution in [0.4, 0.5) is 0 Å². The molecule has 0 fully saturated rings. The smallest absolute Gasteiger partial charge is 0.106 e. The van der Waals surface area contributed by atoms with Crippen LogP contribution in [0.25, 0.3) is 0 Å². The lowest BCUT2D eigenvalue weighted by Gasteiger charge is -1.78. The van der Waals surface area contributed by atoms with Gasteiger partial charge in [0, 0.05) is 229 Å². The lowest BCUT2D eigenvalue weighted by atomic mass is 10.1. The molecule has 1 atom stereocenters. The quantitative estimate of drug-likeness (QED) is 0.141. The number of alkyl halides is 1. The monoisotopic (exact) mass is 826 g/mol. The predicted molar refractivity (Wildman–Crippen MR) is 245 cm³/mol. The van der Waals surface area contributed by atoms with Crippen molar-refractivity contribution in [3.05, 3.63) is 0 Å². The van der Waals surface area contributed by atoms with Crippen molar-refractivity contribution in [2.24, 2.45) is 0 Å². The van der Waals surface area contributed by atoms with Crippen LogP contribution in [0.1, 0.15) is 0 Å². The van der Waals surface area contributed by atoms with Crippen molar-refractivity contribution >= 4 is 30.4 Å². The molecule has 0 amide bonds. The first kappa shape index (κ1) is 47.5. The Morgan fingerprint density at radius 2 is 0.305 bits per heavy atom. The molecule has 0 aromatic heterocycles. The minimum absolute atomic E-state index is 0.237. The second-order valence-electron chi connectivity index (χ2n) is 7.53. The summed E-state index contributed by atoms with van der Waals surface area (Å²) >= 11 is 2.19. The molecule has 0 aliphatic rings. The number of hydrogen-bond acceptors (Lipinski definition) is 0. The molecule has 0 aliphatic carbocycles. The molecule has 0 rings (SSSR count). The molecule has 0 aliphatic heterocycles. The third kappa shape index (κ3) is 46.5. The van der Waals surface area contributed by atoms with Crippen LogP contribution >= 0.6 is 22.6 Å². The van der Waals surface area contributed by atoms with Crippen molar-refractivity contribution in [1.82, 2.24) is 0 Å². The third-order valence-electron chi connectivity index (χ3n) is 3.59. The number of rotatable bonds is 0. The molecule has 0 saturated carbocycles. The molecule has 0 heterocycles. The van der Waals surface area contributed by atoms with E-state index in [9.17, 15) is 0 Å². The Bertz CT molecular complexity index is 3640. The Balaban J connectivity index is 4.58. The van der Waals surface area contributed by atoms with Gasteiger partial charge in [-0.15, -0.1) is 6.42 Å². The van der Waals surface area contributed by atoms with E-state index in [4.69, 9.17) is 6.42 Å². The molecular weight excluding hydrogens is 822 g/mol. The van der Waals surface area contributed by atoms with Crippen LogP contribution in [0.3, 0.4) is 0 Å². The highest BCUT2D eigenvalue weighted by atomic mass is 127. The van der Waals surface area contributed by atoms with E-state index in [0.29, 0.717) is 0 Å². The second-order valence-corrected chi connectivity index (χ2v) is 9.40. The standard InChI is InChI=1S/C57H4BI/c1-2-3-4-5-6-7-8-9-10-11-12-13-14-15-16-17-18-19-20-21-22-23-24-25-26-27-28-29-30-31-32-33-34-35-36-37-38-39-40-41-42-43-44-45-46-47-48-49-50-51-52-53-54-55-56-57(58)59/h1,57H,58H2. The van der Waals surface area contributed by atoms with Gasteiger partial charge in [0.15, 0.2) is 0 Å². The van der Waals surface area contributed by atoms with E-state index in [1.54, 1.807) is 0 Å². The molecular formula is C57H4BI. The van der Waals surface area contributed by atoms with Gasteiger partial charge < -0.3 is 0 Å². The Morgan fingerprint density at radius 3 is 0.407 bits per heavy atom. The van der Waals surface area contributed by atoms with Gasteiger partial charge in [-0.2, -0.15) is 0 Å². The largest absolute Gasteiger partial charge is 0.133 e. The highest BCUT2D eigenvalue weighted by molar-refractivity contribution is 14.1. The van der Waals surface area contributed by atoms with Crippen molar-refractivity contribution in [3.8, 4) is 332 Å². The first-order valence-electron chi connectivity index (χ1n) is 14.9. The van der Waals surface area contributed by atoms with Crippen LogP contribution in [-0.4, -0.2) is 11.7 Å². The predicted octanol–water partition coefficient (Wildman–Crippen LogP) is 0.106. The summed E-state index contributed by atoms with van der Waals surface area (Å²) in [5, 5.41) is 0. The zero-order valence-corrected chi connectivity index (χ0v) is 32.2. The van der Waals surface area contributed by atoms with Crippen LogP contribution in [-0.2, 0) is 0 Å². The zero-order chi connectivity index (χ0) is 42.5. The summed E-state index contributed by atoms with van der Waals surface area (Å²) in [6.07, 6.45) is 4.94. The van der Waals surface area contributed by atoms with E-state index >= 15 is 0 Å². The maximum absolute atomic E-state index is 4.94. The molecule has 0 nitrogen and oxygen atoms in total. The normalized spacial score (nSPS) is 4.75. The summed E-state index contributed by atoms with van der Waals surface area (Å²) in [6.45, 7) is 0. The van der Waals surface area contributed by atoms with Crippen molar-refractivity contribution in [2.45, 2.75) is 3.82 Å². The molecule has 0 aromatic rings. The summed E-state index contributed by atoms with van der Waals surface area (Å²) in [5.41, 5.74) is 0.